The molecule has 0 N–H and O–H groups in total. The van der Waals surface area contributed by atoms with Crippen molar-refractivity contribution in [3.05, 3.63) is 5.92 Å². The first-order valence-electron chi connectivity index (χ1n) is 7.12. The summed E-state index contributed by atoms with van der Waals surface area (Å²) < 4.78 is 0.887. The molecule has 0 bridgehead atoms. The van der Waals surface area contributed by atoms with Gasteiger partial charge < -0.3 is 0 Å². The molecule has 2 rings (SSSR count). The molecule has 0 atom stereocenters. The molecule has 1 spiro atoms. The van der Waals surface area contributed by atoms with Crippen molar-refractivity contribution in [3.8, 4) is 0 Å². The maximum Gasteiger partial charge on any atom is 0.0897 e. The van der Waals surface area contributed by atoms with Gasteiger partial charge in [-0.3, -0.25) is 0 Å². The van der Waals surface area contributed by atoms with Gasteiger partial charge in [0, 0.05) is 0 Å². The van der Waals surface area contributed by atoms with Crippen LogP contribution in [0.3, 0.4) is 0 Å². The summed E-state index contributed by atoms with van der Waals surface area (Å²) in [6, 6.07) is 3.23. The lowest BCUT2D eigenvalue weighted by Gasteiger charge is -2.59. The summed E-state index contributed by atoms with van der Waals surface area (Å²) in [7, 11) is -1.91. The second kappa shape index (κ2) is 3.91. The van der Waals surface area contributed by atoms with Gasteiger partial charge in [-0.15, -0.1) is 0 Å². The Hall–Kier alpha value is 0.304. The van der Waals surface area contributed by atoms with E-state index >= 15 is 0 Å². The summed E-state index contributed by atoms with van der Waals surface area (Å²) in [4.78, 5) is 0. The zero-order valence-electron chi connectivity index (χ0n) is 11.9. The lowest BCUT2D eigenvalue weighted by molar-refractivity contribution is 0.460. The van der Waals surface area contributed by atoms with Crippen LogP contribution in [0.2, 0.25) is 42.9 Å². The molecule has 0 radical (unpaired) electrons. The zero-order valence-corrected chi connectivity index (χ0v) is 13.9. The normalized spacial score (nSPS) is 31.7. The van der Waals surface area contributed by atoms with Crippen molar-refractivity contribution in [1.82, 2.24) is 0 Å². The Morgan fingerprint density at radius 3 is 1.75 bits per heavy atom. The van der Waals surface area contributed by atoms with Crippen LogP contribution in [0.15, 0.2) is 0 Å². The van der Waals surface area contributed by atoms with E-state index < -0.39 is 16.1 Å². The molecule has 92 valence electrons. The SMILES string of the molecule is C[C+]1CCC2(CC1)[Si](C)(C)CCC[Si]2(C)C. The van der Waals surface area contributed by atoms with Crippen LogP contribution in [0.25, 0.3) is 0 Å². The Kier molecular flexibility index (Phi) is 3.12. The van der Waals surface area contributed by atoms with Crippen molar-refractivity contribution in [2.75, 3.05) is 0 Å². The molecule has 1 heterocycles. The van der Waals surface area contributed by atoms with Crippen molar-refractivity contribution in [1.29, 1.82) is 0 Å². The third kappa shape index (κ3) is 1.73. The summed E-state index contributed by atoms with van der Waals surface area (Å²) in [5.41, 5.74) is 0. The molecule has 1 saturated heterocycles. The molecule has 1 saturated carbocycles. The highest BCUT2D eigenvalue weighted by atomic mass is 28.4. The number of rotatable bonds is 0. The predicted octanol–water partition coefficient (Wildman–Crippen LogP) is 5.25. The zero-order chi connectivity index (χ0) is 12.0. The highest BCUT2D eigenvalue weighted by Crippen LogP contribution is 2.63. The fraction of sp³-hybridized carbons (Fsp3) is 0.929. The van der Waals surface area contributed by atoms with Gasteiger partial charge in [-0.1, -0.05) is 44.7 Å². The van der Waals surface area contributed by atoms with E-state index in [-0.39, 0.29) is 0 Å². The summed E-state index contributed by atoms with van der Waals surface area (Å²) in [6.45, 7) is 13.2. The first-order valence-corrected chi connectivity index (χ1v) is 13.5. The molecule has 0 unspecified atom stereocenters. The van der Waals surface area contributed by atoms with E-state index in [1.807, 2.05) is 0 Å². The molecule has 0 aromatic rings. The van der Waals surface area contributed by atoms with E-state index in [1.165, 1.54) is 12.8 Å². The number of hydrogen-bond acceptors (Lipinski definition) is 0. The minimum absolute atomic E-state index is 0.887. The van der Waals surface area contributed by atoms with Gasteiger partial charge >= 0.3 is 0 Å². The molecule has 1 aliphatic heterocycles. The minimum atomic E-state index is -0.957. The average Bonchev–Trinajstić information content (AvgIpc) is 2.16. The van der Waals surface area contributed by atoms with Gasteiger partial charge in [0.05, 0.1) is 41.8 Å². The van der Waals surface area contributed by atoms with Gasteiger partial charge in [-0.05, 0) is 17.5 Å². The van der Waals surface area contributed by atoms with Crippen LogP contribution in [-0.4, -0.2) is 16.1 Å². The van der Waals surface area contributed by atoms with Crippen LogP contribution >= 0.6 is 0 Å². The Balaban J connectivity index is 2.32. The standard InChI is InChI=1S/C14H29Si2/c1-13-7-9-14(10-8-13)15(2,3)11-6-12-16(14,4)5/h6-12H2,1-5H3/q+1. The minimum Gasteiger partial charge on any atom is -0.0691 e. The highest BCUT2D eigenvalue weighted by Gasteiger charge is 2.60. The Morgan fingerprint density at radius 2 is 1.31 bits per heavy atom. The maximum atomic E-state index is 2.71. The van der Waals surface area contributed by atoms with Gasteiger partial charge in [0.1, 0.15) is 0 Å². The van der Waals surface area contributed by atoms with E-state index in [9.17, 15) is 0 Å². The summed E-state index contributed by atoms with van der Waals surface area (Å²) >= 11 is 0. The third-order valence-electron chi connectivity index (χ3n) is 6.15. The van der Waals surface area contributed by atoms with Gasteiger partial charge in [-0.25, -0.2) is 0 Å². The van der Waals surface area contributed by atoms with E-state index in [4.69, 9.17) is 0 Å². The fourth-order valence-corrected chi connectivity index (χ4v) is 19.5. The highest BCUT2D eigenvalue weighted by molar-refractivity contribution is 7.00. The lowest BCUT2D eigenvalue weighted by Crippen LogP contribution is -2.61. The van der Waals surface area contributed by atoms with Gasteiger partial charge in [0.25, 0.3) is 0 Å². The van der Waals surface area contributed by atoms with Gasteiger partial charge in [-0.2, -0.15) is 0 Å². The Morgan fingerprint density at radius 1 is 0.875 bits per heavy atom. The van der Waals surface area contributed by atoms with Crippen LogP contribution in [-0.2, 0) is 0 Å². The summed E-state index contributed by atoms with van der Waals surface area (Å²) in [5, 5.41) is 0. The Bertz CT molecular complexity index is 242. The van der Waals surface area contributed by atoms with Crippen LogP contribution < -0.4 is 0 Å². The van der Waals surface area contributed by atoms with E-state index in [0.717, 1.165) is 4.66 Å². The third-order valence-corrected chi connectivity index (χ3v) is 19.6. The first-order chi connectivity index (χ1) is 7.31. The molecule has 0 amide bonds. The second-order valence-corrected chi connectivity index (χ2v) is 18.6. The van der Waals surface area contributed by atoms with Crippen molar-refractivity contribution in [3.63, 3.8) is 0 Å². The largest absolute Gasteiger partial charge is 0.0897 e. The van der Waals surface area contributed by atoms with Crippen molar-refractivity contribution in [2.24, 2.45) is 0 Å². The molecule has 0 nitrogen and oxygen atoms in total. The molecule has 16 heavy (non-hydrogen) atoms. The molecular formula is C14H29Si2+. The van der Waals surface area contributed by atoms with E-state index in [2.05, 4.69) is 33.1 Å². The van der Waals surface area contributed by atoms with Crippen molar-refractivity contribution >= 4 is 16.1 Å². The molecular weight excluding hydrogens is 224 g/mol. The van der Waals surface area contributed by atoms with E-state index in [0.29, 0.717) is 0 Å². The molecule has 0 aromatic carbocycles. The quantitative estimate of drug-likeness (QED) is 0.408. The van der Waals surface area contributed by atoms with E-state index in [1.54, 1.807) is 37.3 Å². The van der Waals surface area contributed by atoms with Crippen LogP contribution in [0.1, 0.15) is 39.0 Å². The molecule has 2 fully saturated rings. The van der Waals surface area contributed by atoms with Gasteiger partial charge in [0.15, 0.2) is 0 Å². The summed E-state index contributed by atoms with van der Waals surface area (Å²) in [6.07, 6.45) is 7.59. The van der Waals surface area contributed by atoms with Crippen molar-refractivity contribution in [2.45, 2.75) is 82.0 Å². The predicted molar refractivity (Wildman–Crippen MR) is 79.3 cm³/mol. The molecule has 2 heteroatoms. The average molecular weight is 254 g/mol. The summed E-state index contributed by atoms with van der Waals surface area (Å²) in [5.74, 6) is 1.78. The van der Waals surface area contributed by atoms with Crippen LogP contribution in [0, 0.1) is 5.92 Å². The number of hydrogen-bond donors (Lipinski definition) is 0. The lowest BCUT2D eigenvalue weighted by atomic mass is 9.90. The fourth-order valence-electron chi connectivity index (χ4n) is 4.82. The smallest absolute Gasteiger partial charge is 0.0691 e. The second-order valence-electron chi connectivity index (χ2n) is 7.66. The maximum absolute atomic E-state index is 2.71. The van der Waals surface area contributed by atoms with Crippen LogP contribution in [0.5, 0.6) is 0 Å². The monoisotopic (exact) mass is 253 g/mol. The topological polar surface area (TPSA) is 0 Å². The van der Waals surface area contributed by atoms with Gasteiger partial charge in [0.2, 0.25) is 0 Å². The van der Waals surface area contributed by atoms with Crippen molar-refractivity contribution < 1.29 is 0 Å². The molecule has 0 aromatic heterocycles. The molecule has 2 aliphatic rings. The Labute approximate surface area is 104 Å². The molecule has 1 aliphatic carbocycles. The van der Waals surface area contributed by atoms with Crippen LogP contribution in [0.4, 0.5) is 0 Å². The first kappa shape index (κ1) is 12.8.